The zero-order valence-corrected chi connectivity index (χ0v) is 11.5. The summed E-state index contributed by atoms with van der Waals surface area (Å²) in [4.78, 5) is 22.8. The number of rotatable bonds is 7. The molecule has 1 aromatic carbocycles. The maximum atomic E-state index is 11.9. The summed E-state index contributed by atoms with van der Waals surface area (Å²) in [5, 5.41) is 11.9. The first-order valence-corrected chi connectivity index (χ1v) is 6.73. The Morgan fingerprint density at radius 1 is 1.30 bits per heavy atom. The minimum atomic E-state index is -0.898. The molecule has 0 spiro atoms. The minimum absolute atomic E-state index is 0.0512. The Hall–Kier alpha value is -2.04. The van der Waals surface area contributed by atoms with Crippen LogP contribution in [-0.2, 0) is 9.59 Å². The lowest BCUT2D eigenvalue weighted by Crippen LogP contribution is -2.27. The lowest BCUT2D eigenvalue weighted by atomic mass is 9.92. The molecule has 1 unspecified atom stereocenters. The van der Waals surface area contributed by atoms with Gasteiger partial charge in [0.2, 0.25) is 5.91 Å². The molecule has 5 nitrogen and oxygen atoms in total. The molecular weight excluding hydrogens is 258 g/mol. The van der Waals surface area contributed by atoms with E-state index >= 15 is 0 Å². The van der Waals surface area contributed by atoms with E-state index in [1.807, 2.05) is 12.1 Å². The molecular formula is C15H19NO4. The number of benzene rings is 1. The van der Waals surface area contributed by atoms with E-state index in [1.54, 1.807) is 19.2 Å². The van der Waals surface area contributed by atoms with Crippen LogP contribution in [0.25, 0.3) is 0 Å². The average molecular weight is 277 g/mol. The fourth-order valence-corrected chi connectivity index (χ4v) is 2.13. The number of hydrogen-bond acceptors (Lipinski definition) is 3. The van der Waals surface area contributed by atoms with Gasteiger partial charge < -0.3 is 15.2 Å². The van der Waals surface area contributed by atoms with Crippen LogP contribution < -0.4 is 10.1 Å². The monoisotopic (exact) mass is 277 g/mol. The van der Waals surface area contributed by atoms with Crippen molar-refractivity contribution in [2.45, 2.75) is 37.6 Å². The third-order valence-electron chi connectivity index (χ3n) is 3.38. The second kappa shape index (κ2) is 6.41. The van der Waals surface area contributed by atoms with E-state index < -0.39 is 5.97 Å². The van der Waals surface area contributed by atoms with Crippen molar-refractivity contribution >= 4 is 11.9 Å². The van der Waals surface area contributed by atoms with E-state index in [0.29, 0.717) is 11.8 Å². The first kappa shape index (κ1) is 14.4. The van der Waals surface area contributed by atoms with Crippen molar-refractivity contribution in [3.05, 3.63) is 29.8 Å². The van der Waals surface area contributed by atoms with Crippen LogP contribution in [0.15, 0.2) is 24.3 Å². The van der Waals surface area contributed by atoms with Crippen molar-refractivity contribution in [1.82, 2.24) is 5.32 Å². The average Bonchev–Trinajstić information content (AvgIpc) is 3.21. The molecule has 2 N–H and O–H groups in total. The summed E-state index contributed by atoms with van der Waals surface area (Å²) in [7, 11) is 1.58. The maximum absolute atomic E-state index is 11.9. The van der Waals surface area contributed by atoms with Gasteiger partial charge in [-0.1, -0.05) is 12.1 Å². The highest BCUT2D eigenvalue weighted by Crippen LogP contribution is 2.26. The highest BCUT2D eigenvalue weighted by atomic mass is 16.5. The number of nitrogens with one attached hydrogen (secondary N) is 1. The molecule has 0 radical (unpaired) electrons. The Kier molecular flexibility index (Phi) is 4.61. The molecule has 0 saturated heterocycles. The SMILES string of the molecule is COc1ccc(C(CC(=O)O)CC(=O)NC2CC2)cc1. The molecule has 20 heavy (non-hydrogen) atoms. The number of methoxy groups -OCH3 is 1. The van der Waals surface area contributed by atoms with Gasteiger partial charge in [0, 0.05) is 18.4 Å². The molecule has 1 amide bonds. The van der Waals surface area contributed by atoms with Crippen molar-refractivity contribution < 1.29 is 19.4 Å². The van der Waals surface area contributed by atoms with Gasteiger partial charge in [0.25, 0.3) is 0 Å². The Morgan fingerprint density at radius 2 is 1.95 bits per heavy atom. The molecule has 1 fully saturated rings. The molecule has 1 aliphatic rings. The summed E-state index contributed by atoms with van der Waals surface area (Å²) >= 11 is 0. The second-order valence-electron chi connectivity index (χ2n) is 5.11. The normalized spacial score (nSPS) is 15.4. The molecule has 1 aliphatic carbocycles. The van der Waals surface area contributed by atoms with Crippen LogP contribution in [0.4, 0.5) is 0 Å². The summed E-state index contributed by atoms with van der Waals surface area (Å²) in [5.41, 5.74) is 0.846. The third kappa shape index (κ3) is 4.26. The van der Waals surface area contributed by atoms with Crippen LogP contribution in [0.2, 0.25) is 0 Å². The van der Waals surface area contributed by atoms with Crippen LogP contribution in [0.1, 0.15) is 37.2 Å². The number of carbonyl (C=O) groups is 2. The predicted octanol–water partition coefficient (Wildman–Crippen LogP) is 1.92. The Bertz CT molecular complexity index is 479. The molecule has 1 aromatic rings. The highest BCUT2D eigenvalue weighted by molar-refractivity contribution is 5.79. The maximum Gasteiger partial charge on any atom is 0.303 e. The van der Waals surface area contributed by atoms with Crippen molar-refractivity contribution in [2.24, 2.45) is 0 Å². The van der Waals surface area contributed by atoms with E-state index in [-0.39, 0.29) is 24.7 Å². The summed E-state index contributed by atoms with van der Waals surface area (Å²) in [6.07, 6.45) is 2.20. The zero-order chi connectivity index (χ0) is 14.5. The number of amides is 1. The van der Waals surface area contributed by atoms with Crippen LogP contribution in [0.5, 0.6) is 5.75 Å². The molecule has 0 aromatic heterocycles. The topological polar surface area (TPSA) is 75.6 Å². The van der Waals surface area contributed by atoms with Gasteiger partial charge in [-0.3, -0.25) is 9.59 Å². The first-order valence-electron chi connectivity index (χ1n) is 6.73. The van der Waals surface area contributed by atoms with E-state index in [0.717, 1.165) is 18.4 Å². The number of hydrogen-bond donors (Lipinski definition) is 2. The molecule has 0 aliphatic heterocycles. The summed E-state index contributed by atoms with van der Waals surface area (Å²) in [5.74, 6) is -0.568. The summed E-state index contributed by atoms with van der Waals surface area (Å²) < 4.78 is 5.08. The summed E-state index contributed by atoms with van der Waals surface area (Å²) in [6, 6.07) is 7.49. The molecule has 108 valence electrons. The Morgan fingerprint density at radius 3 is 2.45 bits per heavy atom. The molecule has 1 saturated carbocycles. The lowest BCUT2D eigenvalue weighted by Gasteiger charge is -2.15. The van der Waals surface area contributed by atoms with Crippen LogP contribution >= 0.6 is 0 Å². The van der Waals surface area contributed by atoms with Crippen molar-refractivity contribution in [3.63, 3.8) is 0 Å². The van der Waals surface area contributed by atoms with Crippen LogP contribution in [0, 0.1) is 0 Å². The minimum Gasteiger partial charge on any atom is -0.497 e. The number of ether oxygens (including phenoxy) is 1. The third-order valence-corrected chi connectivity index (χ3v) is 3.38. The van der Waals surface area contributed by atoms with Gasteiger partial charge in [0.05, 0.1) is 13.5 Å². The number of carbonyl (C=O) groups excluding carboxylic acids is 1. The van der Waals surface area contributed by atoms with Crippen molar-refractivity contribution in [3.8, 4) is 5.75 Å². The second-order valence-corrected chi connectivity index (χ2v) is 5.11. The predicted molar refractivity (Wildman–Crippen MR) is 73.8 cm³/mol. The number of aliphatic carboxylic acids is 1. The zero-order valence-electron chi connectivity index (χ0n) is 11.5. The van der Waals surface area contributed by atoms with Gasteiger partial charge >= 0.3 is 5.97 Å². The van der Waals surface area contributed by atoms with Crippen LogP contribution in [0.3, 0.4) is 0 Å². The number of carboxylic acids is 1. The van der Waals surface area contributed by atoms with Gasteiger partial charge in [-0.05, 0) is 30.5 Å². The molecule has 5 heteroatoms. The number of carboxylic acid groups (broad SMARTS) is 1. The van der Waals surface area contributed by atoms with Gasteiger partial charge in [-0.15, -0.1) is 0 Å². The first-order chi connectivity index (χ1) is 9.58. The Labute approximate surface area is 117 Å². The highest BCUT2D eigenvalue weighted by Gasteiger charge is 2.26. The van der Waals surface area contributed by atoms with E-state index in [4.69, 9.17) is 9.84 Å². The van der Waals surface area contributed by atoms with Crippen molar-refractivity contribution in [1.29, 1.82) is 0 Å². The van der Waals surface area contributed by atoms with Gasteiger partial charge in [0.1, 0.15) is 5.75 Å². The van der Waals surface area contributed by atoms with E-state index in [1.165, 1.54) is 0 Å². The smallest absolute Gasteiger partial charge is 0.303 e. The molecule has 2 rings (SSSR count). The summed E-state index contributed by atoms with van der Waals surface area (Å²) in [6.45, 7) is 0. The van der Waals surface area contributed by atoms with Crippen molar-refractivity contribution in [2.75, 3.05) is 7.11 Å². The van der Waals surface area contributed by atoms with Gasteiger partial charge in [0.15, 0.2) is 0 Å². The largest absolute Gasteiger partial charge is 0.497 e. The molecule has 1 atom stereocenters. The van der Waals surface area contributed by atoms with E-state index in [2.05, 4.69) is 5.32 Å². The fraction of sp³-hybridized carbons (Fsp3) is 0.467. The standard InChI is InChI=1S/C15H19NO4/c1-20-13-6-2-10(3-7-13)11(9-15(18)19)8-14(17)16-12-4-5-12/h2-3,6-7,11-12H,4-5,8-9H2,1H3,(H,16,17)(H,18,19). The van der Waals surface area contributed by atoms with Gasteiger partial charge in [-0.2, -0.15) is 0 Å². The molecule has 0 heterocycles. The fourth-order valence-electron chi connectivity index (χ4n) is 2.13. The van der Waals surface area contributed by atoms with E-state index in [9.17, 15) is 9.59 Å². The Balaban J connectivity index is 2.04. The van der Waals surface area contributed by atoms with Crippen LogP contribution in [-0.4, -0.2) is 30.1 Å². The lowest BCUT2D eigenvalue weighted by molar-refractivity contribution is -0.137. The van der Waals surface area contributed by atoms with Gasteiger partial charge in [-0.25, -0.2) is 0 Å². The quantitative estimate of drug-likeness (QED) is 0.798. The molecule has 0 bridgehead atoms.